The summed E-state index contributed by atoms with van der Waals surface area (Å²) in [6, 6.07) is 4.72. The molecule has 5 aromatic heterocycles. The summed E-state index contributed by atoms with van der Waals surface area (Å²) in [6.07, 6.45) is 22.9. The normalized spacial score (nSPS) is 11.6. The Labute approximate surface area is 420 Å². The Balaban J connectivity index is 0.000000422. The van der Waals surface area contributed by atoms with E-state index >= 15 is 0 Å². The minimum atomic E-state index is 0.475. The molecule has 0 aliphatic rings. The predicted octanol–water partition coefficient (Wildman–Crippen LogP) is 17.7. The smallest absolute Gasteiger partial charge is 0.194 e. The van der Waals surface area contributed by atoms with Crippen LogP contribution in [-0.4, -0.2) is 34.5 Å². The topological polar surface area (TPSA) is 87.5 Å². The van der Waals surface area contributed by atoms with E-state index in [-0.39, 0.29) is 0 Å². The largest absolute Gasteiger partial charge is 0.446 e. The maximum absolute atomic E-state index is 5.67. The molecule has 0 saturated carbocycles. The third-order valence-corrected chi connectivity index (χ3v) is 13.7. The average Bonchev–Trinajstić information content (AvgIpc) is 4.10. The first-order valence-corrected chi connectivity index (χ1v) is 28.0. The number of oxazole rings is 1. The number of hydrogen-bond acceptors (Lipinski definition) is 8. The average molecular weight is 965 g/mol. The molecule has 0 radical (unpaired) electrons. The van der Waals surface area contributed by atoms with Gasteiger partial charge >= 0.3 is 0 Å². The zero-order valence-corrected chi connectivity index (χ0v) is 48.3. The van der Waals surface area contributed by atoms with E-state index in [1.807, 2.05) is 45.9 Å². The Morgan fingerprint density at radius 3 is 1.55 bits per heavy atom. The molecule has 0 saturated heterocycles. The molecule has 0 fully saturated rings. The fourth-order valence-corrected chi connectivity index (χ4v) is 7.99. The highest BCUT2D eigenvalue weighted by Crippen LogP contribution is 2.26. The number of aryl methyl sites for hydroxylation is 6. The van der Waals surface area contributed by atoms with E-state index in [2.05, 4.69) is 193 Å². The van der Waals surface area contributed by atoms with Gasteiger partial charge in [0.1, 0.15) is 5.76 Å². The van der Waals surface area contributed by atoms with E-state index in [4.69, 9.17) is 4.42 Å². The van der Waals surface area contributed by atoms with Crippen LogP contribution in [0, 0.1) is 35.5 Å². The van der Waals surface area contributed by atoms with Gasteiger partial charge in [0.05, 0.1) is 27.6 Å². The zero-order valence-electron chi connectivity index (χ0n) is 46.7. The summed E-state index contributed by atoms with van der Waals surface area (Å²) in [7, 11) is 0. The molecule has 8 nitrogen and oxygen atoms in total. The van der Waals surface area contributed by atoms with E-state index in [9.17, 15) is 0 Å². The van der Waals surface area contributed by atoms with Crippen molar-refractivity contribution in [3.05, 3.63) is 85.9 Å². The number of hydrogen-bond donors (Lipinski definition) is 0. The molecular weight excluding hydrogens is 863 g/mol. The second kappa shape index (κ2) is 34.2. The van der Waals surface area contributed by atoms with Crippen molar-refractivity contribution in [2.75, 3.05) is 0 Å². The molecule has 5 rings (SSSR count). The summed E-state index contributed by atoms with van der Waals surface area (Å²) >= 11 is 3.74. The zero-order chi connectivity index (χ0) is 50.6. The van der Waals surface area contributed by atoms with Gasteiger partial charge in [-0.1, -0.05) is 125 Å². The molecule has 0 spiro atoms. The lowest BCUT2D eigenvalue weighted by Crippen LogP contribution is -2.03. The molecule has 0 atom stereocenters. The fraction of sp³-hybridized carbons (Fsp3) is 0.737. The number of aromatic nitrogens is 7. The monoisotopic (exact) mass is 964 g/mol. The molecular formula is C57H101N7OS2. The lowest BCUT2D eigenvalue weighted by molar-refractivity contribution is 0.420. The van der Waals surface area contributed by atoms with Gasteiger partial charge in [0.2, 0.25) is 0 Å². The van der Waals surface area contributed by atoms with Crippen LogP contribution in [0.5, 0.6) is 0 Å². The molecule has 10 heteroatoms. The van der Waals surface area contributed by atoms with Gasteiger partial charge in [-0.05, 0) is 131 Å². The van der Waals surface area contributed by atoms with Crippen LogP contribution in [0.3, 0.4) is 0 Å². The highest BCUT2D eigenvalue weighted by Gasteiger charge is 2.09. The molecule has 0 unspecified atom stereocenters. The fourth-order valence-electron chi connectivity index (χ4n) is 6.12. The summed E-state index contributed by atoms with van der Waals surface area (Å²) in [6.45, 7) is 45.5. The molecule has 0 aromatic carbocycles. The van der Waals surface area contributed by atoms with E-state index < -0.39 is 0 Å². The molecule has 0 amide bonds. The predicted molar refractivity (Wildman–Crippen MR) is 293 cm³/mol. The van der Waals surface area contributed by atoms with Crippen molar-refractivity contribution in [2.24, 2.45) is 35.5 Å². The van der Waals surface area contributed by atoms with Crippen molar-refractivity contribution < 1.29 is 4.42 Å². The second-order valence-corrected chi connectivity index (χ2v) is 24.5. The van der Waals surface area contributed by atoms with Crippen LogP contribution < -0.4 is 0 Å². The van der Waals surface area contributed by atoms with Crippen molar-refractivity contribution in [1.82, 2.24) is 34.5 Å². The van der Waals surface area contributed by atoms with Crippen molar-refractivity contribution in [3.63, 3.8) is 0 Å². The van der Waals surface area contributed by atoms with E-state index in [1.54, 1.807) is 0 Å². The number of nitrogens with zero attached hydrogens (tertiary/aromatic N) is 7. The molecule has 0 N–H and O–H groups in total. The highest BCUT2D eigenvalue weighted by atomic mass is 32.1. The van der Waals surface area contributed by atoms with Crippen molar-refractivity contribution in [1.29, 1.82) is 0 Å². The summed E-state index contributed by atoms with van der Waals surface area (Å²) in [4.78, 5) is 16.0. The van der Waals surface area contributed by atoms with Crippen LogP contribution in [0.15, 0.2) is 47.5 Å². The van der Waals surface area contributed by atoms with Gasteiger partial charge in [0, 0.05) is 65.9 Å². The van der Waals surface area contributed by atoms with Crippen LogP contribution >= 0.6 is 22.7 Å². The summed E-state index contributed by atoms with van der Waals surface area (Å²) in [5.74, 6) is 8.25. The third kappa shape index (κ3) is 30.2. The molecule has 5 aromatic rings. The quantitative estimate of drug-likeness (QED) is 0.0687. The van der Waals surface area contributed by atoms with Crippen molar-refractivity contribution in [3.8, 4) is 0 Å². The Morgan fingerprint density at radius 1 is 0.493 bits per heavy atom. The summed E-state index contributed by atoms with van der Waals surface area (Å²) in [5.41, 5.74) is 2.42. The molecule has 67 heavy (non-hydrogen) atoms. The van der Waals surface area contributed by atoms with Gasteiger partial charge in [-0.25, -0.2) is 15.0 Å². The number of thiazole rings is 2. The van der Waals surface area contributed by atoms with E-state index in [1.165, 1.54) is 69.7 Å². The Bertz CT molecular complexity index is 1600. The Kier molecular flexibility index (Phi) is 31.6. The van der Waals surface area contributed by atoms with Crippen molar-refractivity contribution >= 4 is 22.7 Å². The van der Waals surface area contributed by atoms with Gasteiger partial charge in [0.15, 0.2) is 5.89 Å². The molecule has 382 valence electrons. The van der Waals surface area contributed by atoms with E-state index in [0.29, 0.717) is 23.8 Å². The Morgan fingerprint density at radius 2 is 1.06 bits per heavy atom. The molecule has 0 aliphatic carbocycles. The first kappa shape index (κ1) is 61.9. The van der Waals surface area contributed by atoms with Crippen molar-refractivity contribution in [2.45, 2.75) is 239 Å². The van der Waals surface area contributed by atoms with Crippen LogP contribution in [0.4, 0.5) is 0 Å². The van der Waals surface area contributed by atoms with Gasteiger partial charge < -0.3 is 4.42 Å². The lowest BCUT2D eigenvalue weighted by Gasteiger charge is -2.04. The van der Waals surface area contributed by atoms with Crippen LogP contribution in [-0.2, 0) is 38.6 Å². The van der Waals surface area contributed by atoms with Crippen LogP contribution in [0.1, 0.15) is 244 Å². The summed E-state index contributed by atoms with van der Waals surface area (Å²) in [5, 5.41) is 11.6. The third-order valence-electron chi connectivity index (χ3n) is 11.0. The van der Waals surface area contributed by atoms with Gasteiger partial charge in [-0.15, -0.1) is 22.7 Å². The number of rotatable bonds is 22. The standard InChI is InChI=1S/C13H24N2.C13H23NO.C13H23NS.C9H16N2.C9H15NS/c1-11(2)5-6-13-8-10-15(14-13)9-7-12(3)4;2*1-10(2)5-7-12-9-14-13(15-12)8-6-11(3)4;1-7(2)9-5-6-11(10-9)8(3)4;1-6(2)8-5-10-9(11-8)7(3)4/h8,10-12H,5-7,9H2,1-4H3;2*9-11H,5-8H2,1-4H3;5-8H,1-4H3;5-7H,1-4H3. The first-order chi connectivity index (χ1) is 31.4. The maximum Gasteiger partial charge on any atom is 0.194 e. The SMILES string of the molecule is CC(C)CCc1ccn(CCC(C)C)n1.CC(C)CCc1cnc(CCC(C)C)o1.CC(C)CCc1cnc(CCC(C)C)s1.CC(C)c1ccn(C(C)C)n1.CC(C)c1cnc(C(C)C)s1. The van der Waals surface area contributed by atoms with Gasteiger partial charge in [-0.3, -0.25) is 9.36 Å². The first-order valence-electron chi connectivity index (χ1n) is 26.3. The minimum absolute atomic E-state index is 0.475. The molecule has 0 aliphatic heterocycles. The minimum Gasteiger partial charge on any atom is -0.446 e. The van der Waals surface area contributed by atoms with Gasteiger partial charge in [0.25, 0.3) is 0 Å². The summed E-state index contributed by atoms with van der Waals surface area (Å²) < 4.78 is 9.75. The van der Waals surface area contributed by atoms with Crippen LogP contribution in [0.2, 0.25) is 0 Å². The lowest BCUT2D eigenvalue weighted by atomic mass is 10.1. The maximum atomic E-state index is 5.67. The van der Waals surface area contributed by atoms with E-state index in [0.717, 1.165) is 85.8 Å². The highest BCUT2D eigenvalue weighted by molar-refractivity contribution is 7.12. The van der Waals surface area contributed by atoms with Crippen LogP contribution in [0.25, 0.3) is 0 Å². The molecule has 0 bridgehead atoms. The Hall–Kier alpha value is -3.11. The van der Waals surface area contributed by atoms with Gasteiger partial charge in [-0.2, -0.15) is 10.2 Å². The molecule has 5 heterocycles. The second-order valence-electron chi connectivity index (χ2n) is 22.2.